The van der Waals surface area contributed by atoms with E-state index in [1.807, 2.05) is 79.0 Å². The van der Waals surface area contributed by atoms with E-state index < -0.39 is 6.10 Å². The van der Waals surface area contributed by atoms with Crippen molar-refractivity contribution in [2.45, 2.75) is 252 Å². The third-order valence-corrected chi connectivity index (χ3v) is 11.7. The second-order valence-corrected chi connectivity index (χ2v) is 18.3. The van der Waals surface area contributed by atoms with Gasteiger partial charge in [-0.3, -0.25) is 14.4 Å². The summed E-state index contributed by atoms with van der Waals surface area (Å²) < 4.78 is 16.7. The summed E-state index contributed by atoms with van der Waals surface area (Å²) >= 11 is 0. The quantitative estimate of drug-likeness (QED) is 0.0199. The molecule has 0 aromatic rings. The van der Waals surface area contributed by atoms with Crippen LogP contribution in [0.4, 0.5) is 0 Å². The average molecular weight is 943 g/mol. The topological polar surface area (TPSA) is 78.9 Å². The summed E-state index contributed by atoms with van der Waals surface area (Å²) in [6.45, 7) is 6.40. The van der Waals surface area contributed by atoms with Gasteiger partial charge in [0.1, 0.15) is 13.2 Å². The van der Waals surface area contributed by atoms with Crippen LogP contribution in [-0.4, -0.2) is 37.2 Å². The van der Waals surface area contributed by atoms with Crippen LogP contribution in [0.25, 0.3) is 0 Å². The van der Waals surface area contributed by atoms with Crippen molar-refractivity contribution in [3.05, 3.63) is 109 Å². The van der Waals surface area contributed by atoms with Crippen LogP contribution >= 0.6 is 0 Å². The molecule has 0 heterocycles. The smallest absolute Gasteiger partial charge is 0.306 e. The van der Waals surface area contributed by atoms with Gasteiger partial charge in [0.25, 0.3) is 0 Å². The van der Waals surface area contributed by atoms with Crippen LogP contribution in [-0.2, 0) is 28.6 Å². The first-order valence-corrected chi connectivity index (χ1v) is 28.0. The Morgan fingerprint density at radius 1 is 0.324 bits per heavy atom. The van der Waals surface area contributed by atoms with Gasteiger partial charge in [0, 0.05) is 19.3 Å². The second-order valence-electron chi connectivity index (χ2n) is 18.3. The lowest BCUT2D eigenvalue weighted by atomic mass is 10.0. The van der Waals surface area contributed by atoms with Crippen molar-refractivity contribution in [1.29, 1.82) is 0 Å². The minimum atomic E-state index is -0.820. The van der Waals surface area contributed by atoms with Crippen molar-refractivity contribution in [3.8, 4) is 0 Å². The van der Waals surface area contributed by atoms with Crippen molar-refractivity contribution in [2.75, 3.05) is 13.2 Å². The molecule has 1 atom stereocenters. The number of esters is 3. The summed E-state index contributed by atoms with van der Waals surface area (Å²) in [5, 5.41) is 0. The molecule has 0 aliphatic rings. The van der Waals surface area contributed by atoms with Crippen molar-refractivity contribution in [1.82, 2.24) is 0 Å². The van der Waals surface area contributed by atoms with Crippen molar-refractivity contribution < 1.29 is 28.6 Å². The highest BCUT2D eigenvalue weighted by Gasteiger charge is 2.19. The molecule has 0 rings (SSSR count). The van der Waals surface area contributed by atoms with Crippen molar-refractivity contribution >= 4 is 17.9 Å². The van der Waals surface area contributed by atoms with Crippen molar-refractivity contribution in [2.24, 2.45) is 0 Å². The molecule has 6 heteroatoms. The molecule has 0 aliphatic carbocycles. The molecule has 0 saturated heterocycles. The van der Waals surface area contributed by atoms with Gasteiger partial charge in [-0.25, -0.2) is 0 Å². The first-order valence-electron chi connectivity index (χ1n) is 28.0. The third kappa shape index (κ3) is 53.0. The van der Waals surface area contributed by atoms with E-state index >= 15 is 0 Å². The van der Waals surface area contributed by atoms with Gasteiger partial charge < -0.3 is 14.2 Å². The highest BCUT2D eigenvalue weighted by atomic mass is 16.6. The molecular formula is C62H102O6. The highest BCUT2D eigenvalue weighted by molar-refractivity contribution is 5.71. The lowest BCUT2D eigenvalue weighted by Crippen LogP contribution is -2.30. The number of hydrogen-bond acceptors (Lipinski definition) is 6. The number of unbranched alkanes of at least 4 members (excludes halogenated alkanes) is 26. The lowest BCUT2D eigenvalue weighted by molar-refractivity contribution is -0.166. The zero-order valence-electron chi connectivity index (χ0n) is 44.1. The molecule has 0 spiro atoms. The van der Waals surface area contributed by atoms with Crippen LogP contribution in [0.1, 0.15) is 245 Å². The van der Waals surface area contributed by atoms with Crippen LogP contribution in [0.15, 0.2) is 109 Å². The summed E-state index contributed by atoms with van der Waals surface area (Å²) in [6, 6.07) is 0. The van der Waals surface area contributed by atoms with Gasteiger partial charge in [-0.05, 0) is 57.8 Å². The van der Waals surface area contributed by atoms with E-state index in [0.29, 0.717) is 19.3 Å². The SMILES string of the molecule is CC\C=C/C=C\C=C/C=C\C=C\C=C/C=C\CCCCCC(=O)OCC(COC(=O)CC/C=C\C/C=C\CCCCCCCC)OC(=O)CCCCCCCCCCCCCCCCCCCC. The van der Waals surface area contributed by atoms with E-state index in [1.165, 1.54) is 135 Å². The van der Waals surface area contributed by atoms with E-state index in [9.17, 15) is 14.4 Å². The fourth-order valence-electron chi connectivity index (χ4n) is 7.54. The maximum absolute atomic E-state index is 12.8. The Kier molecular flexibility index (Phi) is 52.4. The first-order chi connectivity index (χ1) is 33.5. The van der Waals surface area contributed by atoms with Gasteiger partial charge in [-0.2, -0.15) is 0 Å². The summed E-state index contributed by atoms with van der Waals surface area (Å²) in [6.07, 6.45) is 75.1. The van der Waals surface area contributed by atoms with E-state index in [4.69, 9.17) is 14.2 Å². The third-order valence-electron chi connectivity index (χ3n) is 11.7. The Morgan fingerprint density at radius 3 is 1.12 bits per heavy atom. The molecule has 0 aliphatic heterocycles. The number of ether oxygens (including phenoxy) is 3. The minimum Gasteiger partial charge on any atom is -0.462 e. The molecule has 0 fully saturated rings. The van der Waals surface area contributed by atoms with Crippen LogP contribution in [0.5, 0.6) is 0 Å². The highest BCUT2D eigenvalue weighted by Crippen LogP contribution is 2.16. The Bertz CT molecular complexity index is 1410. The Hall–Kier alpha value is -3.93. The van der Waals surface area contributed by atoms with E-state index in [1.54, 1.807) is 0 Å². The van der Waals surface area contributed by atoms with Crippen LogP contribution in [0.3, 0.4) is 0 Å². The Labute approximate surface area is 419 Å². The van der Waals surface area contributed by atoms with Crippen LogP contribution in [0, 0.1) is 0 Å². The minimum absolute atomic E-state index is 0.119. The fraction of sp³-hybridized carbons (Fsp3) is 0.661. The second kappa shape index (κ2) is 55.7. The predicted molar refractivity (Wildman–Crippen MR) is 293 cm³/mol. The maximum Gasteiger partial charge on any atom is 0.306 e. The molecule has 0 saturated carbocycles. The maximum atomic E-state index is 12.8. The normalized spacial score (nSPS) is 12.9. The van der Waals surface area contributed by atoms with Gasteiger partial charge in [-0.1, -0.05) is 278 Å². The van der Waals surface area contributed by atoms with Gasteiger partial charge in [0.15, 0.2) is 6.10 Å². The summed E-state index contributed by atoms with van der Waals surface area (Å²) in [4.78, 5) is 38.1. The molecule has 0 aromatic heterocycles. The summed E-state index contributed by atoms with van der Waals surface area (Å²) in [7, 11) is 0. The van der Waals surface area contributed by atoms with Crippen LogP contribution in [0.2, 0.25) is 0 Å². The monoisotopic (exact) mass is 943 g/mol. The number of allylic oxidation sites excluding steroid dienone is 18. The molecule has 0 bridgehead atoms. The Morgan fingerprint density at radius 2 is 0.662 bits per heavy atom. The van der Waals surface area contributed by atoms with E-state index in [0.717, 1.165) is 64.2 Å². The van der Waals surface area contributed by atoms with Gasteiger partial charge >= 0.3 is 17.9 Å². The zero-order chi connectivity index (χ0) is 49.3. The average Bonchev–Trinajstić information content (AvgIpc) is 3.34. The number of hydrogen-bond donors (Lipinski definition) is 0. The molecule has 68 heavy (non-hydrogen) atoms. The van der Waals surface area contributed by atoms with Crippen LogP contribution < -0.4 is 0 Å². The van der Waals surface area contributed by atoms with Gasteiger partial charge in [0.05, 0.1) is 0 Å². The molecule has 386 valence electrons. The van der Waals surface area contributed by atoms with Gasteiger partial charge in [-0.15, -0.1) is 0 Å². The predicted octanol–water partition coefficient (Wildman–Crippen LogP) is 18.7. The molecule has 6 nitrogen and oxygen atoms in total. The standard InChI is InChI=1S/C62H102O6/c1-4-7-10-13-16-19-22-25-27-29-31-33-34-37-40-43-46-49-52-55-61(64)67-58-59(57-66-60(63)54-51-48-45-42-39-36-24-21-18-15-12-9-6-3)68-62(65)56-53-50-47-44-41-38-35-32-30-28-26-23-20-17-14-11-8-5-2/h7,10,13,16,19,22,25,27,29,31,33-34,36-37,39-40,45,48,59H,4-6,8-9,11-12,14-15,17-18,20-21,23-24,26,28,30,32,35,38,41-44,46-47,49-58H2,1-3H3/b10-7-,16-13-,22-19-,27-25-,31-29+,34-33-,39-36-,40-37-,48-45-. The fourth-order valence-corrected chi connectivity index (χ4v) is 7.54. The zero-order valence-corrected chi connectivity index (χ0v) is 44.1. The number of rotatable bonds is 49. The largest absolute Gasteiger partial charge is 0.462 e. The summed E-state index contributed by atoms with van der Waals surface area (Å²) in [5.74, 6) is -1.03. The molecule has 0 N–H and O–H groups in total. The Balaban J connectivity index is 4.52. The molecule has 0 amide bonds. The first kappa shape index (κ1) is 64.1. The van der Waals surface area contributed by atoms with Gasteiger partial charge in [0.2, 0.25) is 0 Å². The molecule has 1 unspecified atom stereocenters. The van der Waals surface area contributed by atoms with E-state index in [-0.39, 0.29) is 37.5 Å². The van der Waals surface area contributed by atoms with Crippen molar-refractivity contribution in [3.63, 3.8) is 0 Å². The van der Waals surface area contributed by atoms with E-state index in [2.05, 4.69) is 51.2 Å². The number of carbonyl (C=O) groups excluding carboxylic acids is 3. The molecular weight excluding hydrogens is 841 g/mol. The molecule has 0 radical (unpaired) electrons. The molecule has 0 aromatic carbocycles. The lowest BCUT2D eigenvalue weighted by Gasteiger charge is -2.18. The summed E-state index contributed by atoms with van der Waals surface area (Å²) in [5.41, 5.74) is 0. The number of carbonyl (C=O) groups is 3.